The molecule has 2 aliphatic rings. The molecule has 0 saturated carbocycles. The third-order valence-corrected chi connectivity index (χ3v) is 5.92. The predicted molar refractivity (Wildman–Crippen MR) is 115 cm³/mol. The van der Waals surface area contributed by atoms with Crippen LogP contribution in [0.3, 0.4) is 0 Å². The molecule has 5 nitrogen and oxygen atoms in total. The van der Waals surface area contributed by atoms with Crippen LogP contribution in [0.5, 0.6) is 0 Å². The Labute approximate surface area is 173 Å². The van der Waals surface area contributed by atoms with Gasteiger partial charge in [-0.25, -0.2) is 4.98 Å². The molecule has 152 valence electrons. The van der Waals surface area contributed by atoms with Gasteiger partial charge in [0.15, 0.2) is 0 Å². The lowest BCUT2D eigenvalue weighted by molar-refractivity contribution is -0.132. The highest BCUT2D eigenvalue weighted by molar-refractivity contribution is 5.83. The molecule has 2 heterocycles. The summed E-state index contributed by atoms with van der Waals surface area (Å²) < 4.78 is 2.23. The van der Waals surface area contributed by atoms with Crippen LogP contribution in [0.4, 0.5) is 0 Å². The number of nitrogens with zero attached hydrogens (tertiary/aromatic N) is 4. The summed E-state index contributed by atoms with van der Waals surface area (Å²) in [6.45, 7) is 7.25. The van der Waals surface area contributed by atoms with Crippen molar-refractivity contribution in [2.24, 2.45) is 5.92 Å². The van der Waals surface area contributed by atoms with Crippen molar-refractivity contribution in [3.63, 3.8) is 0 Å². The van der Waals surface area contributed by atoms with Gasteiger partial charge in [-0.15, -0.1) is 0 Å². The number of imidazole rings is 1. The van der Waals surface area contributed by atoms with Crippen LogP contribution < -0.4 is 0 Å². The lowest BCUT2D eigenvalue weighted by Crippen LogP contribution is -2.39. The number of carbonyl (C=O) groups is 1. The highest BCUT2D eigenvalue weighted by Crippen LogP contribution is 2.22. The van der Waals surface area contributed by atoms with Crippen molar-refractivity contribution in [1.82, 2.24) is 19.4 Å². The van der Waals surface area contributed by atoms with Crippen molar-refractivity contribution in [1.29, 1.82) is 0 Å². The fourth-order valence-electron chi connectivity index (χ4n) is 4.19. The third-order valence-electron chi connectivity index (χ3n) is 5.92. The van der Waals surface area contributed by atoms with Gasteiger partial charge >= 0.3 is 0 Å². The van der Waals surface area contributed by atoms with Gasteiger partial charge < -0.3 is 9.47 Å². The summed E-state index contributed by atoms with van der Waals surface area (Å²) in [5.41, 5.74) is 2.46. The smallest absolute Gasteiger partial charge is 0.233 e. The third kappa shape index (κ3) is 4.85. The van der Waals surface area contributed by atoms with Gasteiger partial charge in [0.1, 0.15) is 5.82 Å². The highest BCUT2D eigenvalue weighted by atomic mass is 16.2. The summed E-state index contributed by atoms with van der Waals surface area (Å²) in [5, 5.41) is 0. The molecule has 1 atom stereocenters. The van der Waals surface area contributed by atoms with E-state index in [0.29, 0.717) is 0 Å². The fourth-order valence-corrected chi connectivity index (χ4v) is 4.19. The first-order chi connectivity index (χ1) is 14.2. The largest absolute Gasteiger partial charge is 0.341 e. The van der Waals surface area contributed by atoms with Gasteiger partial charge in [-0.2, -0.15) is 0 Å². The van der Waals surface area contributed by atoms with Gasteiger partial charge in [0.2, 0.25) is 5.91 Å². The van der Waals surface area contributed by atoms with Gasteiger partial charge in [-0.1, -0.05) is 54.1 Å². The molecule has 1 saturated heterocycles. The maximum atomic E-state index is 13.0. The lowest BCUT2D eigenvalue weighted by Gasteiger charge is -2.26. The van der Waals surface area contributed by atoms with Gasteiger partial charge in [0.05, 0.1) is 12.5 Å². The number of benzene rings is 1. The Hall–Kier alpha value is -2.66. The van der Waals surface area contributed by atoms with E-state index in [1.807, 2.05) is 17.2 Å². The monoisotopic (exact) mass is 390 g/mol. The van der Waals surface area contributed by atoms with Crippen LogP contribution in [-0.2, 0) is 17.9 Å². The fraction of sp³-hybridized carbons (Fsp3) is 0.417. The molecule has 0 radical (unpaired) electrons. The zero-order valence-corrected chi connectivity index (χ0v) is 17.2. The minimum absolute atomic E-state index is 0.0694. The first-order valence-electron chi connectivity index (χ1n) is 10.6. The van der Waals surface area contributed by atoms with E-state index in [4.69, 9.17) is 0 Å². The number of aromatic nitrogens is 2. The van der Waals surface area contributed by atoms with Crippen molar-refractivity contribution < 1.29 is 4.79 Å². The van der Waals surface area contributed by atoms with E-state index >= 15 is 0 Å². The van der Waals surface area contributed by atoms with Gasteiger partial charge in [-0.05, 0) is 25.3 Å². The second-order valence-electron chi connectivity index (χ2n) is 8.00. The molecule has 1 aromatic carbocycles. The summed E-state index contributed by atoms with van der Waals surface area (Å²) in [6, 6.07) is 10.5. The average molecular weight is 391 g/mol. The maximum absolute atomic E-state index is 13.0. The Kier molecular flexibility index (Phi) is 6.25. The molecular formula is C24H30N4O. The molecule has 1 aliphatic heterocycles. The summed E-state index contributed by atoms with van der Waals surface area (Å²) in [6.07, 6.45) is 12.2. The summed E-state index contributed by atoms with van der Waals surface area (Å²) in [7, 11) is 0. The Balaban J connectivity index is 1.36. The maximum Gasteiger partial charge on any atom is 0.233 e. The standard InChI is InChI=1S/C24H30N4O/c1-20-8-5-6-11-22(20)24(29)27-14-7-13-26(16-17-27)19-23-25-12-15-28(23)18-21-9-3-2-4-10-21/h2-4,6,8-12,15,22H,5,7,13-14,16-19H2,1H3. The van der Waals surface area contributed by atoms with Crippen LogP contribution in [0, 0.1) is 5.92 Å². The van der Waals surface area contributed by atoms with Crippen LogP contribution in [0.2, 0.25) is 0 Å². The number of rotatable bonds is 5. The molecule has 1 fully saturated rings. The van der Waals surface area contributed by atoms with E-state index in [2.05, 4.69) is 70.1 Å². The van der Waals surface area contributed by atoms with Crippen molar-refractivity contribution in [2.75, 3.05) is 26.2 Å². The van der Waals surface area contributed by atoms with Crippen molar-refractivity contribution >= 4 is 5.91 Å². The molecule has 1 unspecified atom stereocenters. The van der Waals surface area contributed by atoms with E-state index in [-0.39, 0.29) is 11.8 Å². The summed E-state index contributed by atoms with van der Waals surface area (Å²) in [4.78, 5) is 22.1. The Morgan fingerprint density at radius 2 is 1.97 bits per heavy atom. The van der Waals surface area contributed by atoms with Crippen LogP contribution >= 0.6 is 0 Å². The summed E-state index contributed by atoms with van der Waals surface area (Å²) >= 11 is 0. The van der Waals surface area contributed by atoms with Crippen LogP contribution in [0.15, 0.2) is 66.5 Å². The predicted octanol–water partition coefficient (Wildman–Crippen LogP) is 3.49. The molecule has 29 heavy (non-hydrogen) atoms. The van der Waals surface area contributed by atoms with E-state index in [1.165, 1.54) is 11.1 Å². The van der Waals surface area contributed by atoms with E-state index in [0.717, 1.165) is 57.9 Å². The minimum atomic E-state index is -0.0694. The average Bonchev–Trinajstić information content (AvgIpc) is 3.03. The second-order valence-corrected chi connectivity index (χ2v) is 8.00. The molecular weight excluding hydrogens is 360 g/mol. The van der Waals surface area contributed by atoms with E-state index < -0.39 is 0 Å². The molecule has 0 N–H and O–H groups in total. The Morgan fingerprint density at radius 3 is 2.79 bits per heavy atom. The van der Waals surface area contributed by atoms with Crippen LogP contribution in [-0.4, -0.2) is 51.4 Å². The van der Waals surface area contributed by atoms with E-state index in [9.17, 15) is 4.79 Å². The molecule has 1 aromatic heterocycles. The van der Waals surface area contributed by atoms with Gasteiger partial charge in [-0.3, -0.25) is 9.69 Å². The molecule has 0 spiro atoms. The van der Waals surface area contributed by atoms with Crippen molar-refractivity contribution in [3.05, 3.63) is 77.9 Å². The lowest BCUT2D eigenvalue weighted by atomic mass is 9.93. The Morgan fingerprint density at radius 1 is 1.10 bits per heavy atom. The molecule has 1 amide bonds. The molecule has 0 bridgehead atoms. The molecule has 5 heteroatoms. The second kappa shape index (κ2) is 9.23. The topological polar surface area (TPSA) is 41.4 Å². The molecule has 1 aliphatic carbocycles. The van der Waals surface area contributed by atoms with Crippen molar-refractivity contribution in [3.8, 4) is 0 Å². The highest BCUT2D eigenvalue weighted by Gasteiger charge is 2.26. The van der Waals surface area contributed by atoms with E-state index in [1.54, 1.807) is 0 Å². The molecule has 4 rings (SSSR count). The van der Waals surface area contributed by atoms with Gasteiger partial charge in [0, 0.05) is 45.1 Å². The van der Waals surface area contributed by atoms with Crippen molar-refractivity contribution in [2.45, 2.75) is 32.9 Å². The zero-order chi connectivity index (χ0) is 20.1. The minimum Gasteiger partial charge on any atom is -0.341 e. The molecule has 2 aromatic rings. The number of amides is 1. The quantitative estimate of drug-likeness (QED) is 0.734. The van der Waals surface area contributed by atoms with Crippen LogP contribution in [0.1, 0.15) is 31.2 Å². The first kappa shape index (κ1) is 19.6. The Bertz CT molecular complexity index is 883. The SMILES string of the molecule is CC1=CCC=CC1C(=O)N1CCCN(Cc2nccn2Cc2ccccc2)CC1. The normalized spacial score (nSPS) is 20.4. The first-order valence-corrected chi connectivity index (χ1v) is 10.6. The number of hydrogen-bond donors (Lipinski definition) is 0. The number of carbonyl (C=O) groups excluding carboxylic acids is 1. The number of hydrogen-bond acceptors (Lipinski definition) is 3. The van der Waals surface area contributed by atoms with Gasteiger partial charge in [0.25, 0.3) is 0 Å². The number of allylic oxidation sites excluding steroid dienone is 2. The summed E-state index contributed by atoms with van der Waals surface area (Å²) in [5.74, 6) is 1.27. The zero-order valence-electron chi connectivity index (χ0n) is 17.2. The van der Waals surface area contributed by atoms with Crippen LogP contribution in [0.25, 0.3) is 0 Å².